The summed E-state index contributed by atoms with van der Waals surface area (Å²) in [5.41, 5.74) is 5.90. The lowest BCUT2D eigenvalue weighted by atomic mass is 10.0. The van der Waals surface area contributed by atoms with Crippen molar-refractivity contribution < 1.29 is 0 Å². The molecule has 0 saturated carbocycles. The van der Waals surface area contributed by atoms with Crippen LogP contribution in [0.25, 0.3) is 0 Å². The van der Waals surface area contributed by atoms with Gasteiger partial charge >= 0.3 is 0 Å². The molecule has 0 unspecified atom stereocenters. The molecule has 0 spiro atoms. The van der Waals surface area contributed by atoms with Crippen LogP contribution in [0.5, 0.6) is 0 Å². The van der Waals surface area contributed by atoms with Gasteiger partial charge in [-0.25, -0.2) is 0 Å². The Balaban J connectivity index is 1.81. The molecule has 2 N–H and O–H groups in total. The normalized spacial score (nSPS) is 11.8. The second-order valence-corrected chi connectivity index (χ2v) is 7.66. The molecule has 1 aromatic heterocycles. The van der Waals surface area contributed by atoms with E-state index in [-0.39, 0.29) is 6.04 Å². The number of thiophene rings is 1. The van der Waals surface area contributed by atoms with Gasteiger partial charge in [0, 0.05) is 10.6 Å². The standard InChI is InChI=1S/C21H22N2S2/c1-14-7-10-17(11-8-14)20(19-5-4-12-25-19)23-21(24)22-18-13-15(2)6-9-16(18)3/h4-13,20H,1-3H3,(H2,22,23,24)/t20-/m0/s1. The van der Waals surface area contributed by atoms with E-state index in [1.807, 2.05) is 0 Å². The smallest absolute Gasteiger partial charge is 0.171 e. The number of nitrogens with one attached hydrogen (secondary N) is 2. The third-order valence-electron chi connectivity index (χ3n) is 4.16. The molecule has 2 aromatic carbocycles. The molecular weight excluding hydrogens is 344 g/mol. The zero-order valence-electron chi connectivity index (χ0n) is 14.7. The maximum atomic E-state index is 5.60. The van der Waals surface area contributed by atoms with Gasteiger partial charge in [0.1, 0.15) is 0 Å². The van der Waals surface area contributed by atoms with Crippen molar-refractivity contribution in [3.63, 3.8) is 0 Å². The lowest BCUT2D eigenvalue weighted by Crippen LogP contribution is -2.32. The molecule has 0 aliphatic heterocycles. The highest BCUT2D eigenvalue weighted by Crippen LogP contribution is 2.26. The SMILES string of the molecule is Cc1ccc([C@H](NC(=S)Nc2cc(C)ccc2C)c2cccs2)cc1. The van der Waals surface area contributed by atoms with Crippen molar-refractivity contribution in [1.82, 2.24) is 5.32 Å². The minimum atomic E-state index is 0.0470. The number of hydrogen-bond donors (Lipinski definition) is 2. The molecule has 0 fully saturated rings. The molecule has 3 rings (SSSR count). The number of rotatable bonds is 4. The van der Waals surface area contributed by atoms with Crippen LogP contribution >= 0.6 is 23.6 Å². The monoisotopic (exact) mass is 366 g/mol. The molecule has 25 heavy (non-hydrogen) atoms. The summed E-state index contributed by atoms with van der Waals surface area (Å²) in [4.78, 5) is 1.24. The quantitative estimate of drug-likeness (QED) is 0.575. The van der Waals surface area contributed by atoms with Gasteiger partial charge in [-0.15, -0.1) is 11.3 Å². The van der Waals surface area contributed by atoms with Gasteiger partial charge < -0.3 is 10.6 Å². The van der Waals surface area contributed by atoms with E-state index in [0.717, 1.165) is 5.69 Å². The first-order valence-corrected chi connectivity index (χ1v) is 9.56. The van der Waals surface area contributed by atoms with Crippen molar-refractivity contribution in [3.8, 4) is 0 Å². The predicted octanol–water partition coefficient (Wildman–Crippen LogP) is 5.75. The van der Waals surface area contributed by atoms with E-state index in [0.29, 0.717) is 5.11 Å². The molecule has 0 bridgehead atoms. The lowest BCUT2D eigenvalue weighted by molar-refractivity contribution is 0.784. The van der Waals surface area contributed by atoms with Crippen LogP contribution in [0, 0.1) is 20.8 Å². The fourth-order valence-corrected chi connectivity index (χ4v) is 3.72. The number of aryl methyl sites for hydroxylation is 3. The maximum absolute atomic E-state index is 5.60. The molecule has 1 heterocycles. The first kappa shape index (κ1) is 17.6. The van der Waals surface area contributed by atoms with Crippen molar-refractivity contribution in [1.29, 1.82) is 0 Å². The van der Waals surface area contributed by atoms with E-state index >= 15 is 0 Å². The minimum absolute atomic E-state index is 0.0470. The Hall–Kier alpha value is -2.17. The molecular formula is C21H22N2S2. The third-order valence-corrected chi connectivity index (χ3v) is 5.31. The zero-order chi connectivity index (χ0) is 17.8. The average Bonchev–Trinajstić information content (AvgIpc) is 3.11. The Labute approximate surface area is 158 Å². The molecule has 0 saturated heterocycles. The molecule has 0 radical (unpaired) electrons. The fraction of sp³-hybridized carbons (Fsp3) is 0.190. The predicted molar refractivity (Wildman–Crippen MR) is 113 cm³/mol. The van der Waals surface area contributed by atoms with Gasteiger partial charge in [0.25, 0.3) is 0 Å². The summed E-state index contributed by atoms with van der Waals surface area (Å²) in [6.07, 6.45) is 0. The van der Waals surface area contributed by atoms with Gasteiger partial charge in [-0.3, -0.25) is 0 Å². The van der Waals surface area contributed by atoms with Crippen LogP contribution in [0.15, 0.2) is 60.0 Å². The minimum Gasteiger partial charge on any atom is -0.351 e. The van der Waals surface area contributed by atoms with Gasteiger partial charge in [0.2, 0.25) is 0 Å². The van der Waals surface area contributed by atoms with E-state index in [9.17, 15) is 0 Å². The number of benzene rings is 2. The Bertz CT molecular complexity index is 852. The Morgan fingerprint density at radius 3 is 2.36 bits per heavy atom. The van der Waals surface area contributed by atoms with Gasteiger partial charge in [0.05, 0.1) is 6.04 Å². The summed E-state index contributed by atoms with van der Waals surface area (Å²) in [6, 6.07) is 19.2. The average molecular weight is 367 g/mol. The highest BCUT2D eigenvalue weighted by atomic mass is 32.1. The molecule has 4 heteroatoms. The van der Waals surface area contributed by atoms with Crippen LogP contribution in [0.3, 0.4) is 0 Å². The highest BCUT2D eigenvalue weighted by Gasteiger charge is 2.16. The highest BCUT2D eigenvalue weighted by molar-refractivity contribution is 7.80. The van der Waals surface area contributed by atoms with Crippen LogP contribution in [0.1, 0.15) is 33.2 Å². The number of anilines is 1. The molecule has 0 amide bonds. The Morgan fingerprint density at radius 2 is 1.68 bits per heavy atom. The first-order valence-electron chi connectivity index (χ1n) is 8.27. The number of thiocarbonyl (C=S) groups is 1. The Kier molecular flexibility index (Phi) is 5.51. The summed E-state index contributed by atoms with van der Waals surface area (Å²) in [7, 11) is 0. The summed E-state index contributed by atoms with van der Waals surface area (Å²) >= 11 is 7.33. The van der Waals surface area contributed by atoms with Crippen molar-refractivity contribution in [2.45, 2.75) is 26.8 Å². The summed E-state index contributed by atoms with van der Waals surface area (Å²) in [5, 5.41) is 9.56. The van der Waals surface area contributed by atoms with E-state index in [1.165, 1.54) is 27.1 Å². The van der Waals surface area contributed by atoms with Gasteiger partial charge in [-0.05, 0) is 67.2 Å². The van der Waals surface area contributed by atoms with Gasteiger partial charge in [-0.1, -0.05) is 48.0 Å². The molecule has 128 valence electrons. The largest absolute Gasteiger partial charge is 0.351 e. The fourth-order valence-electron chi connectivity index (χ4n) is 2.69. The van der Waals surface area contributed by atoms with E-state index in [1.54, 1.807) is 11.3 Å². The maximum Gasteiger partial charge on any atom is 0.171 e. The van der Waals surface area contributed by atoms with Crippen molar-refractivity contribution in [3.05, 3.63) is 87.1 Å². The summed E-state index contributed by atoms with van der Waals surface area (Å²) in [6.45, 7) is 6.27. The molecule has 1 atom stereocenters. The third kappa shape index (κ3) is 4.47. The topological polar surface area (TPSA) is 24.1 Å². The van der Waals surface area contributed by atoms with Crippen LogP contribution in [-0.2, 0) is 0 Å². The van der Waals surface area contributed by atoms with Crippen LogP contribution in [0.4, 0.5) is 5.69 Å². The summed E-state index contributed by atoms with van der Waals surface area (Å²) in [5.74, 6) is 0. The molecule has 0 aliphatic rings. The van der Waals surface area contributed by atoms with Gasteiger partial charge in [0.15, 0.2) is 5.11 Å². The second-order valence-electron chi connectivity index (χ2n) is 6.28. The zero-order valence-corrected chi connectivity index (χ0v) is 16.3. The molecule has 2 nitrogen and oxygen atoms in total. The Morgan fingerprint density at radius 1 is 0.960 bits per heavy atom. The van der Waals surface area contributed by atoms with Crippen LogP contribution in [0.2, 0.25) is 0 Å². The van der Waals surface area contributed by atoms with Crippen molar-refractivity contribution in [2.75, 3.05) is 5.32 Å². The second kappa shape index (κ2) is 7.81. The van der Waals surface area contributed by atoms with Crippen molar-refractivity contribution >= 4 is 34.4 Å². The van der Waals surface area contributed by atoms with E-state index in [2.05, 4.69) is 91.4 Å². The van der Waals surface area contributed by atoms with Gasteiger partial charge in [-0.2, -0.15) is 0 Å². The molecule has 0 aliphatic carbocycles. The van der Waals surface area contributed by atoms with E-state index in [4.69, 9.17) is 12.2 Å². The first-order chi connectivity index (χ1) is 12.0. The lowest BCUT2D eigenvalue weighted by Gasteiger charge is -2.21. The summed E-state index contributed by atoms with van der Waals surface area (Å²) < 4.78 is 0. The van der Waals surface area contributed by atoms with Crippen molar-refractivity contribution in [2.24, 2.45) is 0 Å². The molecule has 3 aromatic rings. The number of hydrogen-bond acceptors (Lipinski definition) is 2. The van der Waals surface area contributed by atoms with Crippen LogP contribution in [-0.4, -0.2) is 5.11 Å². The van der Waals surface area contributed by atoms with Crippen LogP contribution < -0.4 is 10.6 Å². The van der Waals surface area contributed by atoms with E-state index < -0.39 is 0 Å².